The first-order valence-electron chi connectivity index (χ1n) is 8.03. The van der Waals surface area contributed by atoms with E-state index >= 15 is 0 Å². The van der Waals surface area contributed by atoms with Crippen molar-refractivity contribution in [2.75, 3.05) is 32.8 Å². The van der Waals surface area contributed by atoms with Crippen molar-refractivity contribution in [2.24, 2.45) is 5.92 Å². The van der Waals surface area contributed by atoms with Gasteiger partial charge in [0, 0.05) is 19.5 Å². The summed E-state index contributed by atoms with van der Waals surface area (Å²) in [4.78, 5) is 2.59. The van der Waals surface area contributed by atoms with E-state index in [1.165, 1.54) is 43.6 Å². The van der Waals surface area contributed by atoms with Crippen molar-refractivity contribution in [3.05, 3.63) is 29.3 Å². The fourth-order valence-electron chi connectivity index (χ4n) is 3.33. The van der Waals surface area contributed by atoms with Crippen molar-refractivity contribution in [3.63, 3.8) is 0 Å². The second-order valence-corrected chi connectivity index (χ2v) is 6.06. The fourth-order valence-corrected chi connectivity index (χ4v) is 3.33. The Morgan fingerprint density at radius 1 is 1.30 bits per heavy atom. The van der Waals surface area contributed by atoms with Gasteiger partial charge in [-0.25, -0.2) is 0 Å². The molecule has 0 radical (unpaired) electrons. The third-order valence-electron chi connectivity index (χ3n) is 4.58. The Labute approximate surface area is 122 Å². The molecule has 0 saturated carbocycles. The third kappa shape index (κ3) is 3.33. The molecule has 1 aromatic carbocycles. The van der Waals surface area contributed by atoms with E-state index in [9.17, 15) is 0 Å². The molecule has 1 aromatic rings. The van der Waals surface area contributed by atoms with E-state index in [2.05, 4.69) is 35.3 Å². The maximum Gasteiger partial charge on any atom is 0.122 e. The number of piperidine rings is 1. The van der Waals surface area contributed by atoms with E-state index in [1.807, 2.05) is 0 Å². The van der Waals surface area contributed by atoms with E-state index in [1.54, 1.807) is 0 Å². The van der Waals surface area contributed by atoms with Gasteiger partial charge in [0.15, 0.2) is 0 Å². The predicted octanol–water partition coefficient (Wildman–Crippen LogP) is 2.44. The van der Waals surface area contributed by atoms with Gasteiger partial charge in [0.1, 0.15) is 5.75 Å². The van der Waals surface area contributed by atoms with E-state index < -0.39 is 0 Å². The minimum atomic E-state index is 0.853. The summed E-state index contributed by atoms with van der Waals surface area (Å²) < 4.78 is 5.59. The molecule has 0 unspecified atom stereocenters. The SMILES string of the molecule is CCN(Cc1ccc2c(c1)CCO2)CC1CCNCC1. The average Bonchev–Trinajstić information content (AvgIpc) is 2.95. The number of ether oxygens (including phenoxy) is 1. The minimum absolute atomic E-state index is 0.853. The van der Waals surface area contributed by atoms with Gasteiger partial charge in [0.05, 0.1) is 6.61 Å². The molecular formula is C17H26N2O. The molecule has 0 bridgehead atoms. The standard InChI is InChI=1S/C17H26N2O/c1-2-19(12-14-5-8-18-9-6-14)13-15-3-4-17-16(11-15)7-10-20-17/h3-4,11,14,18H,2,5-10,12-13H2,1H3. The van der Waals surface area contributed by atoms with Crippen LogP contribution in [-0.2, 0) is 13.0 Å². The van der Waals surface area contributed by atoms with E-state index in [0.29, 0.717) is 0 Å². The van der Waals surface area contributed by atoms with Crippen LogP contribution in [0.1, 0.15) is 30.9 Å². The average molecular weight is 274 g/mol. The van der Waals surface area contributed by atoms with Gasteiger partial charge in [-0.1, -0.05) is 19.1 Å². The summed E-state index contributed by atoms with van der Waals surface area (Å²) in [6.45, 7) is 8.97. The first-order chi connectivity index (χ1) is 9.85. The molecule has 0 aromatic heterocycles. The second kappa shape index (κ2) is 6.59. The number of nitrogens with one attached hydrogen (secondary N) is 1. The maximum atomic E-state index is 5.59. The van der Waals surface area contributed by atoms with Crippen LogP contribution in [0.5, 0.6) is 5.75 Å². The van der Waals surface area contributed by atoms with Crippen LogP contribution in [0.3, 0.4) is 0 Å². The zero-order valence-electron chi connectivity index (χ0n) is 12.5. The van der Waals surface area contributed by atoms with Crippen molar-refractivity contribution in [1.82, 2.24) is 10.2 Å². The van der Waals surface area contributed by atoms with Crippen LogP contribution in [0.25, 0.3) is 0 Å². The molecule has 2 aliphatic heterocycles. The summed E-state index contributed by atoms with van der Waals surface area (Å²) in [5.74, 6) is 1.96. The number of nitrogens with zero attached hydrogens (tertiary/aromatic N) is 1. The molecule has 1 N–H and O–H groups in total. The summed E-state index contributed by atoms with van der Waals surface area (Å²) in [5, 5.41) is 3.45. The Bertz CT molecular complexity index is 441. The molecule has 0 atom stereocenters. The van der Waals surface area contributed by atoms with Crippen LogP contribution in [0.15, 0.2) is 18.2 Å². The highest BCUT2D eigenvalue weighted by Gasteiger charge is 2.17. The van der Waals surface area contributed by atoms with Crippen LogP contribution in [-0.4, -0.2) is 37.7 Å². The number of benzene rings is 1. The van der Waals surface area contributed by atoms with Gasteiger partial charge >= 0.3 is 0 Å². The number of fused-ring (bicyclic) bond motifs is 1. The predicted molar refractivity (Wildman–Crippen MR) is 82.2 cm³/mol. The van der Waals surface area contributed by atoms with Gasteiger partial charge in [-0.15, -0.1) is 0 Å². The molecule has 0 amide bonds. The summed E-state index contributed by atoms with van der Waals surface area (Å²) in [7, 11) is 0. The molecular weight excluding hydrogens is 248 g/mol. The molecule has 3 rings (SSSR count). The van der Waals surface area contributed by atoms with Crippen molar-refractivity contribution in [3.8, 4) is 5.75 Å². The largest absolute Gasteiger partial charge is 0.493 e. The highest BCUT2D eigenvalue weighted by Crippen LogP contribution is 2.26. The summed E-state index contributed by atoms with van der Waals surface area (Å²) in [5.41, 5.74) is 2.82. The van der Waals surface area contributed by atoms with Crippen molar-refractivity contribution >= 4 is 0 Å². The van der Waals surface area contributed by atoms with Crippen LogP contribution < -0.4 is 10.1 Å². The zero-order valence-corrected chi connectivity index (χ0v) is 12.5. The Balaban J connectivity index is 1.59. The lowest BCUT2D eigenvalue weighted by Gasteiger charge is -2.29. The van der Waals surface area contributed by atoms with Gasteiger partial charge in [-0.05, 0) is 55.6 Å². The first-order valence-corrected chi connectivity index (χ1v) is 8.03. The van der Waals surface area contributed by atoms with Crippen LogP contribution in [0.4, 0.5) is 0 Å². The van der Waals surface area contributed by atoms with E-state index in [0.717, 1.165) is 37.8 Å². The topological polar surface area (TPSA) is 24.5 Å². The Hall–Kier alpha value is -1.06. The summed E-state index contributed by atoms with van der Waals surface area (Å²) in [6, 6.07) is 6.72. The van der Waals surface area contributed by atoms with Crippen LogP contribution >= 0.6 is 0 Å². The van der Waals surface area contributed by atoms with E-state index in [4.69, 9.17) is 4.74 Å². The Morgan fingerprint density at radius 2 is 2.15 bits per heavy atom. The molecule has 0 spiro atoms. The molecule has 0 aliphatic carbocycles. The first kappa shape index (κ1) is 13.9. The van der Waals surface area contributed by atoms with Crippen LogP contribution in [0, 0.1) is 5.92 Å². The fraction of sp³-hybridized carbons (Fsp3) is 0.647. The van der Waals surface area contributed by atoms with Crippen molar-refractivity contribution in [2.45, 2.75) is 32.7 Å². The molecule has 3 nitrogen and oxygen atoms in total. The van der Waals surface area contributed by atoms with Gasteiger partial charge in [0.2, 0.25) is 0 Å². The van der Waals surface area contributed by atoms with Crippen molar-refractivity contribution in [1.29, 1.82) is 0 Å². The van der Waals surface area contributed by atoms with E-state index in [-0.39, 0.29) is 0 Å². The molecule has 1 fully saturated rings. The maximum absolute atomic E-state index is 5.59. The highest BCUT2D eigenvalue weighted by molar-refractivity contribution is 5.39. The van der Waals surface area contributed by atoms with Crippen molar-refractivity contribution < 1.29 is 4.74 Å². The molecule has 2 heterocycles. The smallest absolute Gasteiger partial charge is 0.122 e. The highest BCUT2D eigenvalue weighted by atomic mass is 16.5. The zero-order chi connectivity index (χ0) is 13.8. The Morgan fingerprint density at radius 3 is 2.95 bits per heavy atom. The summed E-state index contributed by atoms with van der Waals surface area (Å²) >= 11 is 0. The Kier molecular flexibility index (Phi) is 4.58. The summed E-state index contributed by atoms with van der Waals surface area (Å²) in [6.07, 6.45) is 3.73. The molecule has 20 heavy (non-hydrogen) atoms. The quantitative estimate of drug-likeness (QED) is 0.892. The second-order valence-electron chi connectivity index (χ2n) is 6.06. The number of hydrogen-bond donors (Lipinski definition) is 1. The van der Waals surface area contributed by atoms with Gasteiger partial charge in [-0.3, -0.25) is 4.90 Å². The van der Waals surface area contributed by atoms with Gasteiger partial charge in [0.25, 0.3) is 0 Å². The third-order valence-corrected chi connectivity index (χ3v) is 4.58. The lowest BCUT2D eigenvalue weighted by molar-refractivity contribution is 0.207. The lowest BCUT2D eigenvalue weighted by Crippen LogP contribution is -2.35. The van der Waals surface area contributed by atoms with Gasteiger partial charge in [-0.2, -0.15) is 0 Å². The minimum Gasteiger partial charge on any atom is -0.493 e. The molecule has 1 saturated heterocycles. The monoisotopic (exact) mass is 274 g/mol. The molecule has 2 aliphatic rings. The normalized spacial score (nSPS) is 19.1. The number of hydrogen-bond acceptors (Lipinski definition) is 3. The van der Waals surface area contributed by atoms with Gasteiger partial charge < -0.3 is 10.1 Å². The molecule has 3 heteroatoms. The van der Waals surface area contributed by atoms with Crippen LogP contribution in [0.2, 0.25) is 0 Å². The number of rotatable bonds is 5. The lowest BCUT2D eigenvalue weighted by atomic mass is 9.97. The molecule has 110 valence electrons.